The molecule has 0 atom stereocenters. The zero-order valence-electron chi connectivity index (χ0n) is 11.2. The number of aromatic nitrogens is 1. The summed E-state index contributed by atoms with van der Waals surface area (Å²) in [4.78, 5) is 24.2. The Morgan fingerprint density at radius 2 is 2.05 bits per heavy atom. The summed E-state index contributed by atoms with van der Waals surface area (Å²) in [5, 5.41) is 2.88. The van der Waals surface area contributed by atoms with Crippen molar-refractivity contribution in [3.63, 3.8) is 0 Å². The molecule has 2 aromatic rings. The minimum absolute atomic E-state index is 0.113. The standard InChI is InChI=1S/C14H17N3O2/c1-8(2)17-7-9(14(19)16-3)13(18)12-10(15)5-4-6-11(12)17/h4-8H,15H2,1-3H3,(H,16,19). The molecule has 0 aliphatic carbocycles. The van der Waals surface area contributed by atoms with Crippen LogP contribution in [0.2, 0.25) is 0 Å². The lowest BCUT2D eigenvalue weighted by atomic mass is 10.1. The van der Waals surface area contributed by atoms with Gasteiger partial charge in [0, 0.05) is 25.0 Å². The molecule has 0 saturated heterocycles. The maximum atomic E-state index is 12.4. The number of carbonyl (C=O) groups is 1. The number of rotatable bonds is 2. The number of benzene rings is 1. The fourth-order valence-electron chi connectivity index (χ4n) is 2.15. The second-order valence-corrected chi connectivity index (χ2v) is 4.69. The van der Waals surface area contributed by atoms with Crippen LogP contribution in [-0.4, -0.2) is 17.5 Å². The van der Waals surface area contributed by atoms with Gasteiger partial charge >= 0.3 is 0 Å². The quantitative estimate of drug-likeness (QED) is 0.803. The van der Waals surface area contributed by atoms with Crippen LogP contribution >= 0.6 is 0 Å². The van der Waals surface area contributed by atoms with E-state index in [-0.39, 0.29) is 17.0 Å². The number of nitrogens with one attached hydrogen (secondary N) is 1. The van der Waals surface area contributed by atoms with Crippen LogP contribution in [-0.2, 0) is 0 Å². The minimum atomic E-state index is -0.399. The first-order valence-electron chi connectivity index (χ1n) is 6.12. The third-order valence-electron chi connectivity index (χ3n) is 3.12. The maximum absolute atomic E-state index is 12.4. The van der Waals surface area contributed by atoms with Gasteiger partial charge in [-0.05, 0) is 26.0 Å². The van der Waals surface area contributed by atoms with E-state index in [1.165, 1.54) is 7.05 Å². The molecule has 0 saturated carbocycles. The van der Waals surface area contributed by atoms with E-state index in [1.54, 1.807) is 18.3 Å². The van der Waals surface area contributed by atoms with Crippen molar-refractivity contribution in [1.29, 1.82) is 0 Å². The van der Waals surface area contributed by atoms with Crippen LogP contribution in [0.5, 0.6) is 0 Å². The molecule has 0 radical (unpaired) electrons. The topological polar surface area (TPSA) is 77.1 Å². The van der Waals surface area contributed by atoms with Gasteiger partial charge in [0.2, 0.25) is 5.43 Å². The number of fused-ring (bicyclic) bond motifs is 1. The Bertz CT molecular complexity index is 702. The SMILES string of the molecule is CNC(=O)c1cn(C(C)C)c2cccc(N)c2c1=O. The van der Waals surface area contributed by atoms with E-state index in [4.69, 9.17) is 5.73 Å². The van der Waals surface area contributed by atoms with Crippen molar-refractivity contribution in [2.75, 3.05) is 12.8 Å². The first kappa shape index (κ1) is 13.1. The van der Waals surface area contributed by atoms with Gasteiger partial charge in [0.25, 0.3) is 5.91 Å². The molecule has 0 fully saturated rings. The number of anilines is 1. The van der Waals surface area contributed by atoms with E-state index < -0.39 is 5.91 Å². The lowest BCUT2D eigenvalue weighted by Gasteiger charge is -2.17. The van der Waals surface area contributed by atoms with E-state index in [0.29, 0.717) is 11.1 Å². The number of hydrogen-bond donors (Lipinski definition) is 2. The summed E-state index contributed by atoms with van der Waals surface area (Å²) >= 11 is 0. The summed E-state index contributed by atoms with van der Waals surface area (Å²) in [6, 6.07) is 5.42. The van der Waals surface area contributed by atoms with Crippen molar-refractivity contribution < 1.29 is 4.79 Å². The van der Waals surface area contributed by atoms with Crippen LogP contribution in [0.15, 0.2) is 29.2 Å². The molecule has 5 heteroatoms. The van der Waals surface area contributed by atoms with E-state index in [9.17, 15) is 9.59 Å². The molecule has 19 heavy (non-hydrogen) atoms. The van der Waals surface area contributed by atoms with Crippen molar-refractivity contribution in [1.82, 2.24) is 9.88 Å². The molecule has 1 heterocycles. The van der Waals surface area contributed by atoms with Crippen molar-refractivity contribution in [3.05, 3.63) is 40.2 Å². The number of pyridine rings is 1. The number of amides is 1. The fourth-order valence-corrected chi connectivity index (χ4v) is 2.15. The molecule has 1 aromatic heterocycles. The van der Waals surface area contributed by atoms with Crippen LogP contribution in [0.4, 0.5) is 5.69 Å². The largest absolute Gasteiger partial charge is 0.398 e. The Labute approximate surface area is 111 Å². The number of hydrogen-bond acceptors (Lipinski definition) is 3. The van der Waals surface area contributed by atoms with Crippen molar-refractivity contribution in [2.24, 2.45) is 0 Å². The van der Waals surface area contributed by atoms with Gasteiger partial charge in [0.1, 0.15) is 5.56 Å². The molecule has 5 nitrogen and oxygen atoms in total. The third kappa shape index (κ3) is 2.07. The number of nitrogen functional groups attached to an aromatic ring is 1. The summed E-state index contributed by atoms with van der Waals surface area (Å²) in [5.41, 5.74) is 6.81. The molecule has 0 unspecified atom stereocenters. The lowest BCUT2D eigenvalue weighted by Crippen LogP contribution is -2.27. The number of carbonyl (C=O) groups excluding carboxylic acids is 1. The Kier molecular flexibility index (Phi) is 3.29. The summed E-state index contributed by atoms with van der Waals surface area (Å²) in [6.45, 7) is 3.97. The van der Waals surface area contributed by atoms with Gasteiger partial charge in [-0.2, -0.15) is 0 Å². The number of nitrogens with zero attached hydrogens (tertiary/aromatic N) is 1. The van der Waals surface area contributed by atoms with Crippen molar-refractivity contribution in [2.45, 2.75) is 19.9 Å². The average molecular weight is 259 g/mol. The molecule has 3 N–H and O–H groups in total. The molecule has 2 rings (SSSR count). The monoisotopic (exact) mass is 259 g/mol. The maximum Gasteiger partial charge on any atom is 0.256 e. The van der Waals surface area contributed by atoms with Crippen molar-refractivity contribution >= 4 is 22.5 Å². The molecule has 1 aromatic carbocycles. The van der Waals surface area contributed by atoms with Gasteiger partial charge in [0.05, 0.1) is 10.9 Å². The van der Waals surface area contributed by atoms with E-state index >= 15 is 0 Å². The second-order valence-electron chi connectivity index (χ2n) is 4.69. The normalized spacial score (nSPS) is 10.9. The van der Waals surface area contributed by atoms with Gasteiger partial charge in [-0.25, -0.2) is 0 Å². The first-order valence-corrected chi connectivity index (χ1v) is 6.12. The molecule has 100 valence electrons. The highest BCUT2D eigenvalue weighted by atomic mass is 16.2. The Morgan fingerprint density at radius 1 is 1.37 bits per heavy atom. The highest BCUT2D eigenvalue weighted by molar-refractivity contribution is 6.00. The van der Waals surface area contributed by atoms with E-state index in [0.717, 1.165) is 5.52 Å². The summed E-state index contributed by atoms with van der Waals surface area (Å²) < 4.78 is 1.89. The zero-order chi connectivity index (χ0) is 14.2. The number of nitrogens with two attached hydrogens (primary N) is 1. The Balaban J connectivity index is 2.96. The molecule has 1 amide bonds. The molecule has 0 aliphatic heterocycles. The summed E-state index contributed by atoms with van der Waals surface area (Å²) in [7, 11) is 1.50. The van der Waals surface area contributed by atoms with Gasteiger partial charge in [0.15, 0.2) is 0 Å². The zero-order valence-corrected chi connectivity index (χ0v) is 11.2. The van der Waals surface area contributed by atoms with Gasteiger partial charge in [-0.15, -0.1) is 0 Å². The fraction of sp³-hybridized carbons (Fsp3) is 0.286. The molecular formula is C14H17N3O2. The molecule has 0 aliphatic rings. The first-order chi connectivity index (χ1) is 8.97. The second kappa shape index (κ2) is 4.76. The minimum Gasteiger partial charge on any atom is -0.398 e. The highest BCUT2D eigenvalue weighted by Gasteiger charge is 2.16. The smallest absolute Gasteiger partial charge is 0.256 e. The molecule has 0 spiro atoms. The van der Waals surface area contributed by atoms with Crippen LogP contribution < -0.4 is 16.5 Å². The summed E-state index contributed by atoms with van der Waals surface area (Å²) in [5.74, 6) is -0.399. The van der Waals surface area contributed by atoms with Gasteiger partial charge < -0.3 is 15.6 Å². The Hall–Kier alpha value is -2.30. The van der Waals surface area contributed by atoms with E-state index in [1.807, 2.05) is 24.5 Å². The predicted octanol–water partition coefficient (Wildman–Crippen LogP) is 1.52. The van der Waals surface area contributed by atoms with E-state index in [2.05, 4.69) is 5.32 Å². The Morgan fingerprint density at radius 3 is 2.63 bits per heavy atom. The molecular weight excluding hydrogens is 242 g/mol. The van der Waals surface area contributed by atoms with Gasteiger partial charge in [-0.1, -0.05) is 6.07 Å². The lowest BCUT2D eigenvalue weighted by molar-refractivity contribution is 0.0961. The summed E-state index contributed by atoms with van der Waals surface area (Å²) in [6.07, 6.45) is 1.59. The van der Waals surface area contributed by atoms with Crippen LogP contribution in [0, 0.1) is 0 Å². The highest BCUT2D eigenvalue weighted by Crippen LogP contribution is 2.21. The van der Waals surface area contributed by atoms with Crippen LogP contribution in [0.3, 0.4) is 0 Å². The average Bonchev–Trinajstić information content (AvgIpc) is 2.38. The van der Waals surface area contributed by atoms with Crippen molar-refractivity contribution in [3.8, 4) is 0 Å². The van der Waals surface area contributed by atoms with Gasteiger partial charge in [-0.3, -0.25) is 9.59 Å². The molecule has 0 bridgehead atoms. The van der Waals surface area contributed by atoms with Crippen LogP contribution in [0.25, 0.3) is 10.9 Å². The third-order valence-corrected chi connectivity index (χ3v) is 3.12. The van der Waals surface area contributed by atoms with Crippen LogP contribution in [0.1, 0.15) is 30.2 Å². The predicted molar refractivity (Wildman–Crippen MR) is 76.4 cm³/mol.